The van der Waals surface area contributed by atoms with Crippen LogP contribution in [0.1, 0.15) is 41.7 Å². The fourth-order valence-corrected chi connectivity index (χ4v) is 2.08. The third-order valence-corrected chi connectivity index (χ3v) is 3.00. The summed E-state index contributed by atoms with van der Waals surface area (Å²) in [6.07, 6.45) is 0. The molecule has 0 unspecified atom stereocenters. The number of aromatic nitrogens is 3. The lowest BCUT2D eigenvalue weighted by Crippen LogP contribution is -2.17. The molecule has 0 N–H and O–H groups in total. The molecule has 0 atom stereocenters. The molecular formula is C16H19N3O5. The van der Waals surface area contributed by atoms with Gasteiger partial charge in [-0.1, -0.05) is 17.3 Å². The van der Waals surface area contributed by atoms with Crippen molar-refractivity contribution in [3.05, 3.63) is 35.7 Å². The first-order valence-corrected chi connectivity index (χ1v) is 7.66. The molecule has 0 aliphatic rings. The molecule has 0 saturated heterocycles. The molecular weight excluding hydrogens is 314 g/mol. The largest absolute Gasteiger partial charge is 0.492 e. The van der Waals surface area contributed by atoms with Gasteiger partial charge in [0.1, 0.15) is 11.4 Å². The molecule has 0 spiro atoms. The molecule has 0 aliphatic heterocycles. The van der Waals surface area contributed by atoms with Crippen LogP contribution in [0.2, 0.25) is 0 Å². The lowest BCUT2D eigenvalue weighted by molar-refractivity contribution is 0.0469. The van der Waals surface area contributed by atoms with E-state index < -0.39 is 11.9 Å². The standard InChI is InChI=1S/C16H19N3O5/c1-4-22-12-10-8-7-9-11(12)19-14(16(21)24-6-3)13(17-18-19)15(20)23-5-2/h7-10H,4-6H2,1-3H3. The van der Waals surface area contributed by atoms with E-state index in [4.69, 9.17) is 14.2 Å². The van der Waals surface area contributed by atoms with E-state index in [1.54, 1.807) is 38.1 Å². The van der Waals surface area contributed by atoms with Gasteiger partial charge in [-0.25, -0.2) is 14.3 Å². The number of benzene rings is 1. The number of hydrogen-bond acceptors (Lipinski definition) is 7. The maximum atomic E-state index is 12.3. The van der Waals surface area contributed by atoms with E-state index in [0.29, 0.717) is 18.0 Å². The Hall–Kier alpha value is -2.90. The SMILES string of the molecule is CCOC(=O)c1nnn(-c2ccccc2OCC)c1C(=O)OCC. The Morgan fingerprint density at radius 3 is 2.33 bits per heavy atom. The molecule has 0 saturated carbocycles. The fourth-order valence-electron chi connectivity index (χ4n) is 2.08. The van der Waals surface area contributed by atoms with Gasteiger partial charge in [0.15, 0.2) is 5.69 Å². The van der Waals surface area contributed by atoms with E-state index in [0.717, 1.165) is 0 Å². The smallest absolute Gasteiger partial charge is 0.361 e. The summed E-state index contributed by atoms with van der Waals surface area (Å²) in [5.74, 6) is -0.941. The van der Waals surface area contributed by atoms with E-state index in [2.05, 4.69) is 10.3 Å². The number of carbonyl (C=O) groups excluding carboxylic acids is 2. The maximum Gasteiger partial charge on any atom is 0.361 e. The minimum Gasteiger partial charge on any atom is -0.492 e. The van der Waals surface area contributed by atoms with Gasteiger partial charge in [-0.15, -0.1) is 5.10 Å². The second-order valence-corrected chi connectivity index (χ2v) is 4.54. The van der Waals surface area contributed by atoms with Crippen molar-refractivity contribution in [1.82, 2.24) is 15.0 Å². The van der Waals surface area contributed by atoms with Crippen LogP contribution in [0.3, 0.4) is 0 Å². The topological polar surface area (TPSA) is 92.5 Å². The number of hydrogen-bond donors (Lipinski definition) is 0. The molecule has 8 heteroatoms. The predicted octanol–water partition coefficient (Wildman–Crippen LogP) is 2.02. The number of nitrogens with zero attached hydrogens (tertiary/aromatic N) is 3. The molecule has 128 valence electrons. The Kier molecular flexibility index (Phi) is 5.89. The van der Waals surface area contributed by atoms with Crippen LogP contribution in [0.25, 0.3) is 5.69 Å². The molecule has 1 heterocycles. The molecule has 1 aromatic heterocycles. The van der Waals surface area contributed by atoms with Gasteiger partial charge in [0.2, 0.25) is 5.69 Å². The number of rotatable bonds is 7. The third kappa shape index (κ3) is 3.53. The van der Waals surface area contributed by atoms with Crippen LogP contribution >= 0.6 is 0 Å². The summed E-state index contributed by atoms with van der Waals surface area (Å²) in [6, 6.07) is 7.00. The Labute approximate surface area is 139 Å². The van der Waals surface area contributed by atoms with E-state index in [1.165, 1.54) is 4.68 Å². The van der Waals surface area contributed by atoms with Crippen molar-refractivity contribution in [2.24, 2.45) is 0 Å². The summed E-state index contributed by atoms with van der Waals surface area (Å²) < 4.78 is 16.7. The minimum absolute atomic E-state index is 0.0950. The molecule has 0 radical (unpaired) electrons. The molecule has 2 rings (SSSR count). The number of carbonyl (C=O) groups is 2. The Morgan fingerprint density at radius 2 is 1.67 bits per heavy atom. The highest BCUT2D eigenvalue weighted by molar-refractivity contribution is 6.00. The van der Waals surface area contributed by atoms with E-state index in [1.807, 2.05) is 6.92 Å². The van der Waals surface area contributed by atoms with Crippen LogP contribution in [-0.4, -0.2) is 46.8 Å². The van der Waals surface area contributed by atoms with Crippen LogP contribution in [0.15, 0.2) is 24.3 Å². The summed E-state index contributed by atoms with van der Waals surface area (Å²) in [4.78, 5) is 24.4. The van der Waals surface area contributed by atoms with Crippen LogP contribution in [0.4, 0.5) is 0 Å². The quantitative estimate of drug-likeness (QED) is 0.716. The maximum absolute atomic E-state index is 12.3. The number of para-hydroxylation sites is 2. The van der Waals surface area contributed by atoms with Gasteiger partial charge in [0.25, 0.3) is 0 Å². The second-order valence-electron chi connectivity index (χ2n) is 4.54. The average molecular weight is 333 g/mol. The highest BCUT2D eigenvalue weighted by Crippen LogP contribution is 2.24. The summed E-state index contributed by atoms with van der Waals surface area (Å²) in [6.45, 7) is 5.92. The number of esters is 2. The lowest BCUT2D eigenvalue weighted by atomic mass is 10.2. The predicted molar refractivity (Wildman–Crippen MR) is 84.4 cm³/mol. The number of ether oxygens (including phenoxy) is 3. The van der Waals surface area contributed by atoms with E-state index in [-0.39, 0.29) is 24.6 Å². The van der Waals surface area contributed by atoms with Gasteiger partial charge < -0.3 is 14.2 Å². The summed E-state index contributed by atoms with van der Waals surface area (Å²) in [7, 11) is 0. The molecule has 0 aliphatic carbocycles. The monoisotopic (exact) mass is 333 g/mol. The first-order valence-electron chi connectivity index (χ1n) is 7.66. The van der Waals surface area contributed by atoms with Crippen molar-refractivity contribution in [1.29, 1.82) is 0 Å². The summed E-state index contributed by atoms with van der Waals surface area (Å²) in [5, 5.41) is 7.72. The van der Waals surface area contributed by atoms with Crippen LogP contribution in [0, 0.1) is 0 Å². The zero-order valence-electron chi connectivity index (χ0n) is 13.8. The molecule has 0 amide bonds. The average Bonchev–Trinajstić information content (AvgIpc) is 3.01. The van der Waals surface area contributed by atoms with Crippen molar-refractivity contribution < 1.29 is 23.8 Å². The molecule has 8 nitrogen and oxygen atoms in total. The van der Waals surface area contributed by atoms with Crippen molar-refractivity contribution in [2.45, 2.75) is 20.8 Å². The second kappa shape index (κ2) is 8.09. The van der Waals surface area contributed by atoms with Gasteiger partial charge in [-0.2, -0.15) is 0 Å². The third-order valence-electron chi connectivity index (χ3n) is 3.00. The molecule has 0 fully saturated rings. The highest BCUT2D eigenvalue weighted by Gasteiger charge is 2.29. The highest BCUT2D eigenvalue weighted by atomic mass is 16.5. The summed E-state index contributed by atoms with van der Waals surface area (Å²) in [5.41, 5.74) is 0.189. The van der Waals surface area contributed by atoms with Gasteiger partial charge in [0, 0.05) is 0 Å². The molecule has 24 heavy (non-hydrogen) atoms. The van der Waals surface area contributed by atoms with Gasteiger partial charge in [-0.3, -0.25) is 0 Å². The zero-order chi connectivity index (χ0) is 17.5. The molecule has 0 bridgehead atoms. The van der Waals surface area contributed by atoms with Crippen molar-refractivity contribution in [3.63, 3.8) is 0 Å². The summed E-state index contributed by atoms with van der Waals surface area (Å²) >= 11 is 0. The van der Waals surface area contributed by atoms with Crippen molar-refractivity contribution in [2.75, 3.05) is 19.8 Å². The van der Waals surface area contributed by atoms with Crippen LogP contribution < -0.4 is 4.74 Å². The van der Waals surface area contributed by atoms with Gasteiger partial charge in [0.05, 0.1) is 19.8 Å². The van der Waals surface area contributed by atoms with Crippen molar-refractivity contribution >= 4 is 11.9 Å². The van der Waals surface area contributed by atoms with E-state index in [9.17, 15) is 9.59 Å². The van der Waals surface area contributed by atoms with Gasteiger partial charge in [-0.05, 0) is 32.9 Å². The normalized spacial score (nSPS) is 10.3. The first kappa shape index (κ1) is 17.5. The van der Waals surface area contributed by atoms with Crippen molar-refractivity contribution in [3.8, 4) is 11.4 Å². The Bertz CT molecular complexity index is 726. The first-order chi connectivity index (χ1) is 11.6. The Morgan fingerprint density at radius 1 is 1.00 bits per heavy atom. The fraction of sp³-hybridized carbons (Fsp3) is 0.375. The van der Waals surface area contributed by atoms with Crippen LogP contribution in [0.5, 0.6) is 5.75 Å². The van der Waals surface area contributed by atoms with Crippen LogP contribution in [-0.2, 0) is 9.47 Å². The Balaban J connectivity index is 2.58. The molecule has 1 aromatic carbocycles. The molecule has 2 aromatic rings. The van der Waals surface area contributed by atoms with Gasteiger partial charge >= 0.3 is 11.9 Å². The lowest BCUT2D eigenvalue weighted by Gasteiger charge is -2.11. The minimum atomic E-state index is -0.735. The zero-order valence-corrected chi connectivity index (χ0v) is 13.8. The van der Waals surface area contributed by atoms with E-state index >= 15 is 0 Å².